The molecule has 40 heavy (non-hydrogen) atoms. The second kappa shape index (κ2) is 12.3. The number of hydrogen-bond acceptors (Lipinski definition) is 7. The van der Waals surface area contributed by atoms with Gasteiger partial charge in [0.1, 0.15) is 48.4 Å². The van der Waals surface area contributed by atoms with Gasteiger partial charge in [0, 0.05) is 23.7 Å². The van der Waals surface area contributed by atoms with Crippen LogP contribution in [0.25, 0.3) is 11.1 Å². The first-order valence-corrected chi connectivity index (χ1v) is 14.0. The average Bonchev–Trinajstić information content (AvgIpc) is 3.41. The summed E-state index contributed by atoms with van der Waals surface area (Å²) >= 11 is 0. The number of phenolic OH excluding ortho intramolecular Hbond substituents is 1. The molecule has 7 nitrogen and oxygen atoms in total. The maximum absolute atomic E-state index is 10.3. The molecular formula is C33H39NO6. The molecule has 2 unspecified atom stereocenters. The fourth-order valence-corrected chi connectivity index (χ4v) is 5.47. The highest BCUT2D eigenvalue weighted by atomic mass is 16.5. The summed E-state index contributed by atoms with van der Waals surface area (Å²) in [5.41, 5.74) is 4.66. The molecule has 0 aromatic heterocycles. The van der Waals surface area contributed by atoms with Crippen LogP contribution in [0.1, 0.15) is 50.0 Å². The number of rotatable bonds is 10. The molecule has 2 heterocycles. The number of ether oxygens (including phenoxy) is 3. The highest BCUT2D eigenvalue weighted by Crippen LogP contribution is 2.48. The Morgan fingerprint density at radius 2 is 1.75 bits per heavy atom. The molecule has 4 atom stereocenters. The zero-order valence-electron chi connectivity index (χ0n) is 23.4. The summed E-state index contributed by atoms with van der Waals surface area (Å²) in [7, 11) is 0. The molecular weight excluding hydrogens is 506 g/mol. The van der Waals surface area contributed by atoms with Gasteiger partial charge in [-0.1, -0.05) is 31.2 Å². The predicted octanol–water partition coefficient (Wildman–Crippen LogP) is 5.30. The second-order valence-electron chi connectivity index (χ2n) is 11.0. The van der Waals surface area contributed by atoms with Crippen molar-refractivity contribution in [1.82, 2.24) is 4.90 Å². The number of aromatic hydroxyl groups is 1. The van der Waals surface area contributed by atoms with Gasteiger partial charge < -0.3 is 29.5 Å². The quantitative estimate of drug-likeness (QED) is 0.319. The molecule has 0 amide bonds. The molecule has 0 aliphatic carbocycles. The van der Waals surface area contributed by atoms with Crippen LogP contribution in [0.3, 0.4) is 0 Å². The molecule has 2 aliphatic heterocycles. The molecule has 3 N–H and O–H groups in total. The van der Waals surface area contributed by atoms with Crippen molar-refractivity contribution in [1.29, 1.82) is 0 Å². The minimum absolute atomic E-state index is 0.00863. The predicted molar refractivity (Wildman–Crippen MR) is 156 cm³/mol. The van der Waals surface area contributed by atoms with Gasteiger partial charge in [0.25, 0.3) is 0 Å². The Morgan fingerprint density at radius 3 is 2.45 bits per heavy atom. The van der Waals surface area contributed by atoms with Crippen molar-refractivity contribution in [3.05, 3.63) is 83.4 Å². The average molecular weight is 546 g/mol. The van der Waals surface area contributed by atoms with E-state index in [4.69, 9.17) is 19.3 Å². The minimum Gasteiger partial charge on any atom is -0.508 e. The summed E-state index contributed by atoms with van der Waals surface area (Å²) in [6.45, 7) is 9.10. The summed E-state index contributed by atoms with van der Waals surface area (Å²) < 4.78 is 18.4. The fraction of sp³-hybridized carbons (Fsp3) is 0.394. The number of allylic oxidation sites excluding steroid dienone is 1. The highest BCUT2D eigenvalue weighted by Gasteiger charge is 2.30. The third-order valence-electron chi connectivity index (χ3n) is 7.83. The van der Waals surface area contributed by atoms with Gasteiger partial charge in [-0.25, -0.2) is 0 Å². The van der Waals surface area contributed by atoms with Crippen LogP contribution in [0.4, 0.5) is 0 Å². The van der Waals surface area contributed by atoms with E-state index < -0.39 is 12.2 Å². The van der Waals surface area contributed by atoms with Crippen molar-refractivity contribution in [2.75, 3.05) is 32.9 Å². The molecule has 0 spiro atoms. The van der Waals surface area contributed by atoms with Crippen LogP contribution >= 0.6 is 0 Å². The molecule has 3 aromatic rings. The van der Waals surface area contributed by atoms with Gasteiger partial charge in [-0.3, -0.25) is 4.90 Å². The van der Waals surface area contributed by atoms with Gasteiger partial charge in [-0.15, -0.1) is 0 Å². The van der Waals surface area contributed by atoms with E-state index in [1.807, 2.05) is 55.5 Å². The lowest BCUT2D eigenvalue weighted by Gasteiger charge is -2.31. The molecule has 0 radical (unpaired) electrons. The standard InChI is InChI=1S/C33H39NO6/c1-21-13-14-34(17-21)22(2)19-38-28-9-7-24(8-10-28)33-32(25-5-4-6-26(36)15-25)23(3)30-16-29(11-12-31(30)40-33)39-20-27(37)18-35/h4-12,15-16,21-22,27,33,35-37H,13-14,17-20H2,1-3H3/t21-,22+,27?,33?/m1/s1. The van der Waals surface area contributed by atoms with Crippen LogP contribution in [0.2, 0.25) is 0 Å². The van der Waals surface area contributed by atoms with Crippen molar-refractivity contribution in [2.45, 2.75) is 45.4 Å². The first-order chi connectivity index (χ1) is 19.3. The van der Waals surface area contributed by atoms with Crippen molar-refractivity contribution in [2.24, 2.45) is 5.92 Å². The maximum atomic E-state index is 10.3. The second-order valence-corrected chi connectivity index (χ2v) is 11.0. The minimum atomic E-state index is -0.949. The first-order valence-electron chi connectivity index (χ1n) is 14.0. The van der Waals surface area contributed by atoms with Crippen molar-refractivity contribution in [3.63, 3.8) is 0 Å². The molecule has 5 rings (SSSR count). The van der Waals surface area contributed by atoms with Gasteiger partial charge in [0.05, 0.1) is 6.61 Å². The summed E-state index contributed by atoms with van der Waals surface area (Å²) in [4.78, 5) is 2.49. The molecule has 212 valence electrons. The normalized spacial score (nSPS) is 20.5. The smallest absolute Gasteiger partial charge is 0.150 e. The summed E-state index contributed by atoms with van der Waals surface area (Å²) in [5, 5.41) is 29.0. The topological polar surface area (TPSA) is 91.6 Å². The van der Waals surface area contributed by atoms with E-state index in [0.717, 1.165) is 58.3 Å². The Balaban J connectivity index is 1.40. The zero-order chi connectivity index (χ0) is 28.2. The van der Waals surface area contributed by atoms with Crippen molar-refractivity contribution < 1.29 is 29.5 Å². The molecule has 3 aromatic carbocycles. The molecule has 2 aliphatic rings. The van der Waals surface area contributed by atoms with E-state index in [9.17, 15) is 10.2 Å². The number of aliphatic hydroxyl groups excluding tert-OH is 2. The largest absolute Gasteiger partial charge is 0.508 e. The third kappa shape index (κ3) is 6.28. The Morgan fingerprint density at radius 1 is 1.00 bits per heavy atom. The van der Waals surface area contributed by atoms with Gasteiger partial charge >= 0.3 is 0 Å². The van der Waals surface area contributed by atoms with Gasteiger partial charge in [-0.2, -0.15) is 0 Å². The maximum Gasteiger partial charge on any atom is 0.150 e. The molecule has 1 fully saturated rings. The van der Waals surface area contributed by atoms with E-state index in [0.29, 0.717) is 18.4 Å². The molecule has 7 heteroatoms. The number of fused-ring (bicyclic) bond motifs is 1. The van der Waals surface area contributed by atoms with E-state index in [1.165, 1.54) is 6.42 Å². The number of benzene rings is 3. The Hall–Kier alpha value is -3.52. The van der Waals surface area contributed by atoms with Crippen LogP contribution in [0, 0.1) is 5.92 Å². The number of phenols is 1. The number of likely N-dealkylation sites (tertiary alicyclic amines) is 1. The SMILES string of the molecule is CC1=C(c2cccc(O)c2)C(c2ccc(OC[C@H](C)N3CC[C@@H](C)C3)cc2)Oc2ccc(OCC(O)CO)cc21. The monoisotopic (exact) mass is 545 g/mol. The summed E-state index contributed by atoms with van der Waals surface area (Å²) in [6, 6.07) is 21.2. The van der Waals surface area contributed by atoms with E-state index in [2.05, 4.69) is 18.7 Å². The molecule has 0 bridgehead atoms. The first kappa shape index (κ1) is 28.0. The molecule has 0 saturated carbocycles. The lowest BCUT2D eigenvalue weighted by molar-refractivity contribution is 0.0536. The van der Waals surface area contributed by atoms with Gasteiger partial charge in [0.15, 0.2) is 0 Å². The van der Waals surface area contributed by atoms with Crippen LogP contribution in [0.15, 0.2) is 66.7 Å². The van der Waals surface area contributed by atoms with Crippen LogP contribution in [-0.2, 0) is 0 Å². The Kier molecular flexibility index (Phi) is 8.64. The van der Waals surface area contributed by atoms with E-state index in [-0.39, 0.29) is 19.0 Å². The number of nitrogens with zero attached hydrogens (tertiary/aromatic N) is 1. The zero-order valence-corrected chi connectivity index (χ0v) is 23.4. The Labute approximate surface area is 236 Å². The summed E-state index contributed by atoms with van der Waals surface area (Å²) in [6.07, 6.45) is -0.0919. The van der Waals surface area contributed by atoms with Gasteiger partial charge in [-0.05, 0) is 91.9 Å². The van der Waals surface area contributed by atoms with Crippen LogP contribution in [-0.4, -0.2) is 65.3 Å². The lowest BCUT2D eigenvalue weighted by Crippen LogP contribution is -2.35. The van der Waals surface area contributed by atoms with Crippen molar-refractivity contribution in [3.8, 4) is 23.0 Å². The van der Waals surface area contributed by atoms with E-state index >= 15 is 0 Å². The van der Waals surface area contributed by atoms with E-state index in [1.54, 1.807) is 18.2 Å². The van der Waals surface area contributed by atoms with Crippen LogP contribution in [0.5, 0.6) is 23.0 Å². The number of hydrogen-bond donors (Lipinski definition) is 3. The van der Waals surface area contributed by atoms with Crippen molar-refractivity contribution >= 4 is 11.1 Å². The molecule has 1 saturated heterocycles. The van der Waals surface area contributed by atoms with Gasteiger partial charge in [0.2, 0.25) is 0 Å². The Bertz CT molecular complexity index is 1340. The lowest BCUT2D eigenvalue weighted by atomic mass is 9.86. The third-order valence-corrected chi connectivity index (χ3v) is 7.83. The number of aliphatic hydroxyl groups is 2. The highest BCUT2D eigenvalue weighted by molar-refractivity contribution is 5.95. The van der Waals surface area contributed by atoms with Crippen LogP contribution < -0.4 is 14.2 Å². The fourth-order valence-electron chi connectivity index (χ4n) is 5.47. The summed E-state index contributed by atoms with van der Waals surface area (Å²) in [5.74, 6) is 3.04.